The Hall–Kier alpha value is -2.37. The first-order valence-electron chi connectivity index (χ1n) is 10.5. The van der Waals surface area contributed by atoms with Gasteiger partial charge in [0.15, 0.2) is 5.82 Å². The van der Waals surface area contributed by atoms with Gasteiger partial charge in [0.05, 0.1) is 24.0 Å². The molecule has 0 spiro atoms. The van der Waals surface area contributed by atoms with Gasteiger partial charge in [-0.1, -0.05) is 6.07 Å². The van der Waals surface area contributed by atoms with E-state index in [9.17, 15) is 31.1 Å². The number of H-pyrrole nitrogens is 1. The summed E-state index contributed by atoms with van der Waals surface area (Å²) in [7, 11) is 0. The van der Waals surface area contributed by atoms with Gasteiger partial charge in [0.25, 0.3) is 5.92 Å². The molecule has 184 valence electrons. The molecule has 1 unspecified atom stereocenters. The zero-order chi connectivity index (χ0) is 24.6. The molecule has 2 atom stereocenters. The molecule has 1 aromatic carbocycles. The van der Waals surface area contributed by atoms with Crippen molar-refractivity contribution in [3.05, 3.63) is 29.3 Å². The molecule has 0 radical (unpaired) electrons. The average Bonchev–Trinajstić information content (AvgIpc) is 3.15. The molecule has 3 rings (SSSR count). The Morgan fingerprint density at radius 1 is 1.30 bits per heavy atom. The van der Waals surface area contributed by atoms with E-state index in [1.807, 2.05) is 5.32 Å². The van der Waals surface area contributed by atoms with Crippen LogP contribution in [-0.2, 0) is 4.79 Å². The number of halogens is 7. The Morgan fingerprint density at radius 3 is 2.52 bits per heavy atom. The number of amides is 1. The van der Waals surface area contributed by atoms with Crippen LogP contribution in [0.15, 0.2) is 12.1 Å². The van der Waals surface area contributed by atoms with Crippen molar-refractivity contribution in [1.29, 1.82) is 0 Å². The summed E-state index contributed by atoms with van der Waals surface area (Å²) < 4.78 is 94.4. The number of aromatic amines is 1. The SMILES string of the molecule is CC(F)(F)CNC(=O)C(CC(F)F)c1ccc2[nH]c([C@@H](N)C3CCC(F)(F)CC3)nc2c1F. The van der Waals surface area contributed by atoms with Crippen molar-refractivity contribution in [1.82, 2.24) is 15.3 Å². The Labute approximate surface area is 185 Å². The maximum absolute atomic E-state index is 15.2. The number of nitrogens with zero attached hydrogens (tertiary/aromatic N) is 1. The van der Waals surface area contributed by atoms with Crippen molar-refractivity contribution >= 4 is 16.9 Å². The van der Waals surface area contributed by atoms with Crippen LogP contribution in [-0.4, -0.2) is 40.7 Å². The first kappa shape index (κ1) is 25.3. The molecule has 4 N–H and O–H groups in total. The van der Waals surface area contributed by atoms with Crippen molar-refractivity contribution < 1.29 is 35.5 Å². The van der Waals surface area contributed by atoms with E-state index in [1.165, 1.54) is 6.07 Å². The van der Waals surface area contributed by atoms with Crippen molar-refractivity contribution in [3.8, 4) is 0 Å². The number of imidazole rings is 1. The first-order chi connectivity index (χ1) is 15.3. The van der Waals surface area contributed by atoms with Gasteiger partial charge >= 0.3 is 0 Å². The molecule has 1 heterocycles. The third-order valence-electron chi connectivity index (χ3n) is 5.91. The van der Waals surface area contributed by atoms with Gasteiger partial charge in [0.2, 0.25) is 18.3 Å². The monoisotopic (exact) mass is 482 g/mol. The van der Waals surface area contributed by atoms with Crippen LogP contribution in [0.5, 0.6) is 0 Å². The van der Waals surface area contributed by atoms with Crippen molar-refractivity contribution in [2.75, 3.05) is 6.54 Å². The van der Waals surface area contributed by atoms with Crippen LogP contribution >= 0.6 is 0 Å². The zero-order valence-electron chi connectivity index (χ0n) is 17.8. The summed E-state index contributed by atoms with van der Waals surface area (Å²) in [5.41, 5.74) is 5.68. The number of carbonyl (C=O) groups excluding carboxylic acids is 1. The molecule has 1 saturated carbocycles. The standard InChI is InChI=1S/C21H25F7N4O/c1-20(25,26)9-30-19(33)12(8-14(22)23)11-2-3-13-17(15(11)24)32-18(31-13)16(29)10-4-6-21(27,28)7-5-10/h2-3,10,12,14,16H,4-9,29H2,1H3,(H,30,33)(H,31,32)/t12?,16-/m0/s1. The molecule has 33 heavy (non-hydrogen) atoms. The van der Waals surface area contributed by atoms with Crippen LogP contribution in [0.3, 0.4) is 0 Å². The molecule has 1 aliphatic rings. The first-order valence-corrected chi connectivity index (χ1v) is 10.5. The van der Waals surface area contributed by atoms with E-state index in [-0.39, 0.29) is 48.5 Å². The number of benzene rings is 1. The molecular formula is C21H25F7N4O. The fraction of sp³-hybridized carbons (Fsp3) is 0.619. The highest BCUT2D eigenvalue weighted by Crippen LogP contribution is 2.40. The summed E-state index contributed by atoms with van der Waals surface area (Å²) in [6, 6.07) is 1.66. The molecule has 0 saturated heterocycles. The minimum Gasteiger partial charge on any atom is -0.350 e. The van der Waals surface area contributed by atoms with E-state index in [1.54, 1.807) is 0 Å². The van der Waals surface area contributed by atoms with Crippen LogP contribution in [0.1, 0.15) is 62.4 Å². The maximum Gasteiger partial charge on any atom is 0.262 e. The lowest BCUT2D eigenvalue weighted by molar-refractivity contribution is -0.125. The smallest absolute Gasteiger partial charge is 0.262 e. The molecule has 2 aromatic rings. The molecular weight excluding hydrogens is 457 g/mol. The Kier molecular flexibility index (Phi) is 7.25. The van der Waals surface area contributed by atoms with Gasteiger partial charge in [-0.05, 0) is 24.8 Å². The molecule has 1 aliphatic carbocycles. The van der Waals surface area contributed by atoms with Gasteiger partial charge in [-0.2, -0.15) is 0 Å². The maximum atomic E-state index is 15.2. The highest BCUT2D eigenvalue weighted by Gasteiger charge is 2.38. The van der Waals surface area contributed by atoms with Crippen molar-refractivity contribution in [2.45, 2.75) is 69.3 Å². The molecule has 5 nitrogen and oxygen atoms in total. The summed E-state index contributed by atoms with van der Waals surface area (Å²) in [5.74, 6) is -10.1. The number of nitrogens with one attached hydrogen (secondary N) is 2. The van der Waals surface area contributed by atoms with E-state index >= 15 is 4.39 Å². The number of aromatic nitrogens is 2. The van der Waals surface area contributed by atoms with E-state index < -0.39 is 60.5 Å². The summed E-state index contributed by atoms with van der Waals surface area (Å²) >= 11 is 0. The number of carbonyl (C=O) groups is 1. The van der Waals surface area contributed by atoms with Crippen LogP contribution < -0.4 is 11.1 Å². The summed E-state index contributed by atoms with van der Waals surface area (Å²) in [6.45, 7) is -0.540. The Bertz CT molecular complexity index is 979. The van der Waals surface area contributed by atoms with Gasteiger partial charge in [0.1, 0.15) is 11.3 Å². The van der Waals surface area contributed by atoms with Crippen LogP contribution in [0.25, 0.3) is 11.0 Å². The number of hydrogen-bond donors (Lipinski definition) is 3. The third kappa shape index (κ3) is 6.15. The predicted octanol–water partition coefficient (Wildman–Crippen LogP) is 5.04. The fourth-order valence-electron chi connectivity index (χ4n) is 4.07. The quantitative estimate of drug-likeness (QED) is 0.461. The minimum absolute atomic E-state index is 0.150. The number of alkyl halides is 6. The highest BCUT2D eigenvalue weighted by atomic mass is 19.3. The van der Waals surface area contributed by atoms with E-state index in [4.69, 9.17) is 5.73 Å². The molecule has 0 aliphatic heterocycles. The van der Waals surface area contributed by atoms with Crippen molar-refractivity contribution in [3.63, 3.8) is 0 Å². The van der Waals surface area contributed by atoms with Gasteiger partial charge < -0.3 is 16.0 Å². The molecule has 1 amide bonds. The topological polar surface area (TPSA) is 83.8 Å². The number of fused-ring (bicyclic) bond motifs is 1. The second-order valence-electron chi connectivity index (χ2n) is 8.67. The zero-order valence-corrected chi connectivity index (χ0v) is 17.8. The van der Waals surface area contributed by atoms with Gasteiger partial charge in [-0.25, -0.2) is 35.7 Å². The largest absolute Gasteiger partial charge is 0.350 e. The summed E-state index contributed by atoms with van der Waals surface area (Å²) in [5, 5.41) is 1.88. The molecule has 1 fully saturated rings. The van der Waals surface area contributed by atoms with Gasteiger partial charge in [-0.3, -0.25) is 4.79 Å². The van der Waals surface area contributed by atoms with E-state index in [0.29, 0.717) is 6.92 Å². The lowest BCUT2D eigenvalue weighted by atomic mass is 9.82. The Morgan fingerprint density at radius 2 is 1.94 bits per heavy atom. The number of hydrogen-bond acceptors (Lipinski definition) is 3. The molecule has 1 aromatic heterocycles. The summed E-state index contributed by atoms with van der Waals surface area (Å²) in [6.07, 6.45) is -4.37. The Balaban J connectivity index is 1.87. The second kappa shape index (κ2) is 9.47. The number of rotatable bonds is 8. The summed E-state index contributed by atoms with van der Waals surface area (Å²) in [4.78, 5) is 19.3. The highest BCUT2D eigenvalue weighted by molar-refractivity contribution is 5.86. The lowest BCUT2D eigenvalue weighted by Crippen LogP contribution is -2.38. The van der Waals surface area contributed by atoms with Crippen LogP contribution in [0.2, 0.25) is 0 Å². The van der Waals surface area contributed by atoms with Crippen LogP contribution in [0, 0.1) is 11.7 Å². The molecule has 12 heteroatoms. The van der Waals surface area contributed by atoms with Gasteiger partial charge in [-0.15, -0.1) is 0 Å². The van der Waals surface area contributed by atoms with Crippen LogP contribution in [0.4, 0.5) is 30.7 Å². The second-order valence-corrected chi connectivity index (χ2v) is 8.67. The fourth-order valence-corrected chi connectivity index (χ4v) is 4.07. The normalized spacial score (nSPS) is 19.1. The molecule has 0 bridgehead atoms. The van der Waals surface area contributed by atoms with Gasteiger partial charge in [0, 0.05) is 31.7 Å². The third-order valence-corrected chi connectivity index (χ3v) is 5.91. The number of nitrogens with two attached hydrogens (primary N) is 1. The predicted molar refractivity (Wildman–Crippen MR) is 107 cm³/mol. The average molecular weight is 482 g/mol. The van der Waals surface area contributed by atoms with Crippen molar-refractivity contribution in [2.24, 2.45) is 11.7 Å². The van der Waals surface area contributed by atoms with E-state index in [2.05, 4.69) is 9.97 Å². The minimum atomic E-state index is -3.27. The lowest BCUT2D eigenvalue weighted by Gasteiger charge is -2.31. The van der Waals surface area contributed by atoms with E-state index in [0.717, 1.165) is 6.07 Å².